The van der Waals surface area contributed by atoms with Crippen LogP contribution in [0, 0.1) is 20.8 Å². The van der Waals surface area contributed by atoms with Gasteiger partial charge in [-0.2, -0.15) is 0 Å². The van der Waals surface area contributed by atoms with Gasteiger partial charge in [-0.15, -0.1) is 0 Å². The Hall–Kier alpha value is -3.34. The van der Waals surface area contributed by atoms with Crippen LogP contribution < -0.4 is 10.9 Å². The van der Waals surface area contributed by atoms with Gasteiger partial charge in [0.15, 0.2) is 0 Å². The molecule has 154 valence electrons. The number of nitrogens with one attached hydrogen (secondary N) is 1. The molecule has 0 spiro atoms. The normalized spacial score (nSPS) is 12.4. The highest BCUT2D eigenvalue weighted by molar-refractivity contribution is 5.99. The smallest absolute Gasteiger partial charge is 0.339 e. The molecule has 2 aromatic heterocycles. The van der Waals surface area contributed by atoms with E-state index in [1.165, 1.54) is 0 Å². The lowest BCUT2D eigenvalue weighted by atomic mass is 9.98. The third-order valence-corrected chi connectivity index (χ3v) is 5.81. The molecule has 1 atom stereocenters. The third kappa shape index (κ3) is 3.52. The summed E-state index contributed by atoms with van der Waals surface area (Å²) in [5.41, 5.74) is 5.19. The number of hydrogen-bond donors (Lipinski definition) is 1. The first-order chi connectivity index (χ1) is 14.4. The molecule has 0 aliphatic rings. The Kier molecular flexibility index (Phi) is 5.20. The third-order valence-electron chi connectivity index (χ3n) is 5.81. The molecule has 0 unspecified atom stereocenters. The van der Waals surface area contributed by atoms with Gasteiger partial charge in [0.2, 0.25) is 5.91 Å². The summed E-state index contributed by atoms with van der Waals surface area (Å²) in [6.07, 6.45) is 2.27. The van der Waals surface area contributed by atoms with Crippen molar-refractivity contribution in [3.05, 3.63) is 80.9 Å². The van der Waals surface area contributed by atoms with Crippen LogP contribution in [0.5, 0.6) is 0 Å². The topological polar surface area (TPSA) is 72.5 Å². The Morgan fingerprint density at radius 2 is 1.77 bits per heavy atom. The van der Waals surface area contributed by atoms with Gasteiger partial charge in [-0.05, 0) is 56.9 Å². The van der Waals surface area contributed by atoms with Crippen LogP contribution in [0.3, 0.4) is 0 Å². The van der Waals surface area contributed by atoms with Crippen molar-refractivity contribution in [2.45, 2.75) is 46.6 Å². The van der Waals surface area contributed by atoms with E-state index in [4.69, 9.17) is 8.83 Å². The van der Waals surface area contributed by atoms with E-state index >= 15 is 0 Å². The summed E-state index contributed by atoms with van der Waals surface area (Å²) < 4.78 is 11.3. The molecule has 5 heteroatoms. The average Bonchev–Trinajstić information content (AvgIpc) is 3.10. The predicted octanol–water partition coefficient (Wildman–Crippen LogP) is 5.27. The number of hydrogen-bond acceptors (Lipinski definition) is 4. The van der Waals surface area contributed by atoms with E-state index in [2.05, 4.69) is 5.32 Å². The van der Waals surface area contributed by atoms with Gasteiger partial charge in [-0.1, -0.05) is 30.3 Å². The van der Waals surface area contributed by atoms with Crippen LogP contribution in [0.4, 0.5) is 0 Å². The number of benzene rings is 2. The Morgan fingerprint density at radius 3 is 2.50 bits per heavy atom. The first-order valence-corrected chi connectivity index (χ1v) is 10.1. The van der Waals surface area contributed by atoms with Crippen LogP contribution in [-0.4, -0.2) is 5.91 Å². The molecule has 4 aromatic rings. The van der Waals surface area contributed by atoms with Crippen molar-refractivity contribution >= 4 is 27.8 Å². The van der Waals surface area contributed by atoms with Crippen molar-refractivity contribution in [1.29, 1.82) is 0 Å². The van der Waals surface area contributed by atoms with E-state index in [9.17, 15) is 9.59 Å². The van der Waals surface area contributed by atoms with E-state index in [1.807, 2.05) is 64.1 Å². The number of carbonyl (C=O) groups excluding carboxylic acids is 1. The minimum Gasteiger partial charge on any atom is -0.464 e. The molecule has 0 radical (unpaired) electrons. The van der Waals surface area contributed by atoms with Crippen LogP contribution in [0.2, 0.25) is 0 Å². The number of rotatable bonds is 5. The zero-order valence-electron chi connectivity index (χ0n) is 17.7. The lowest BCUT2D eigenvalue weighted by Crippen LogP contribution is -2.27. The average molecular weight is 403 g/mol. The minimum atomic E-state index is -0.394. The fraction of sp³-hybridized carbons (Fsp3) is 0.280. The summed E-state index contributed by atoms with van der Waals surface area (Å²) in [6, 6.07) is 11.7. The summed E-state index contributed by atoms with van der Waals surface area (Å²) in [5, 5.41) is 4.89. The van der Waals surface area contributed by atoms with Crippen molar-refractivity contribution in [1.82, 2.24) is 5.32 Å². The van der Waals surface area contributed by atoms with E-state index in [-0.39, 0.29) is 18.4 Å². The first-order valence-electron chi connectivity index (χ1n) is 10.1. The molecule has 5 nitrogen and oxygen atoms in total. The molecule has 0 saturated heterocycles. The second kappa shape index (κ2) is 7.82. The number of aryl methyl sites for hydroxylation is 3. The fourth-order valence-corrected chi connectivity index (χ4v) is 3.98. The molecule has 0 fully saturated rings. The molecule has 4 rings (SSSR count). The maximum atomic E-state index is 12.7. The van der Waals surface area contributed by atoms with Crippen LogP contribution in [0.1, 0.15) is 47.2 Å². The molecular formula is C25H25NO4. The minimum absolute atomic E-state index is 0.0900. The Labute approximate surface area is 174 Å². The standard InChI is InChI=1S/C25H25NO4/c1-14-13-29-23-16(3)24-21(12-20(14)23)15(2)19(25(28)30-24)10-11-22(27)26-17(4)18-8-6-5-7-9-18/h5-9,12-13,17H,10-11H2,1-4H3,(H,26,27)/t17-/m1/s1. The maximum absolute atomic E-state index is 12.7. The lowest BCUT2D eigenvalue weighted by molar-refractivity contribution is -0.121. The molecule has 1 N–H and O–H groups in total. The van der Waals surface area contributed by atoms with E-state index in [1.54, 1.807) is 6.26 Å². The molecule has 1 amide bonds. The number of furan rings is 1. The van der Waals surface area contributed by atoms with Crippen molar-refractivity contribution in [2.24, 2.45) is 0 Å². The van der Waals surface area contributed by atoms with Crippen LogP contribution in [0.25, 0.3) is 21.9 Å². The molecule has 2 aromatic carbocycles. The summed E-state index contributed by atoms with van der Waals surface area (Å²) >= 11 is 0. The molecular weight excluding hydrogens is 378 g/mol. The lowest BCUT2D eigenvalue weighted by Gasteiger charge is -2.14. The quantitative estimate of drug-likeness (QED) is 0.461. The first kappa shape index (κ1) is 20.0. The monoisotopic (exact) mass is 403 g/mol. The van der Waals surface area contributed by atoms with Crippen molar-refractivity contribution in [3.8, 4) is 0 Å². The maximum Gasteiger partial charge on any atom is 0.339 e. The molecule has 0 bridgehead atoms. The van der Waals surface area contributed by atoms with Gasteiger partial charge in [0.1, 0.15) is 11.2 Å². The molecule has 0 saturated carbocycles. The summed E-state index contributed by atoms with van der Waals surface area (Å²) in [4.78, 5) is 25.1. The largest absolute Gasteiger partial charge is 0.464 e. The molecule has 0 aliphatic carbocycles. The fourth-order valence-electron chi connectivity index (χ4n) is 3.98. The van der Waals surface area contributed by atoms with E-state index < -0.39 is 5.63 Å². The highest BCUT2D eigenvalue weighted by atomic mass is 16.4. The van der Waals surface area contributed by atoms with Gasteiger partial charge in [-0.25, -0.2) is 4.79 Å². The zero-order valence-corrected chi connectivity index (χ0v) is 17.7. The molecule has 0 aliphatic heterocycles. The van der Waals surface area contributed by atoms with Gasteiger partial charge in [0.25, 0.3) is 0 Å². The molecule has 30 heavy (non-hydrogen) atoms. The van der Waals surface area contributed by atoms with Gasteiger partial charge < -0.3 is 14.2 Å². The van der Waals surface area contributed by atoms with Crippen LogP contribution in [-0.2, 0) is 11.2 Å². The van der Waals surface area contributed by atoms with Crippen molar-refractivity contribution in [2.75, 3.05) is 0 Å². The summed E-state index contributed by atoms with van der Waals surface area (Å²) in [7, 11) is 0. The highest BCUT2D eigenvalue weighted by Gasteiger charge is 2.18. The van der Waals surface area contributed by atoms with E-state index in [0.717, 1.165) is 38.6 Å². The Bertz CT molecular complexity index is 1300. The Morgan fingerprint density at radius 1 is 1.03 bits per heavy atom. The summed E-state index contributed by atoms with van der Waals surface area (Å²) in [5.74, 6) is -0.0949. The van der Waals surface area contributed by atoms with Crippen LogP contribution >= 0.6 is 0 Å². The van der Waals surface area contributed by atoms with Gasteiger partial charge in [-0.3, -0.25) is 4.79 Å². The number of fused-ring (bicyclic) bond motifs is 2. The zero-order chi connectivity index (χ0) is 21.4. The number of carbonyl (C=O) groups is 1. The number of amides is 1. The van der Waals surface area contributed by atoms with E-state index in [0.29, 0.717) is 17.6 Å². The van der Waals surface area contributed by atoms with Gasteiger partial charge in [0, 0.05) is 28.3 Å². The second-order valence-electron chi connectivity index (χ2n) is 7.87. The Balaban J connectivity index is 1.60. The SMILES string of the molecule is Cc1coc2c(C)c3oc(=O)c(CCC(=O)N[C@H](C)c4ccccc4)c(C)c3cc12. The van der Waals surface area contributed by atoms with Gasteiger partial charge in [0.05, 0.1) is 12.3 Å². The van der Waals surface area contributed by atoms with Crippen molar-refractivity contribution in [3.63, 3.8) is 0 Å². The highest BCUT2D eigenvalue weighted by Crippen LogP contribution is 2.32. The molecule has 2 heterocycles. The van der Waals surface area contributed by atoms with Crippen LogP contribution in [0.15, 0.2) is 56.3 Å². The summed E-state index contributed by atoms with van der Waals surface area (Å²) in [6.45, 7) is 7.75. The predicted molar refractivity (Wildman–Crippen MR) is 118 cm³/mol. The second-order valence-corrected chi connectivity index (χ2v) is 7.87. The van der Waals surface area contributed by atoms with Gasteiger partial charge >= 0.3 is 5.63 Å². The van der Waals surface area contributed by atoms with Crippen molar-refractivity contribution < 1.29 is 13.6 Å².